The summed E-state index contributed by atoms with van der Waals surface area (Å²) in [6.45, 7) is 1.73. The number of nitrogens with zero attached hydrogens (tertiary/aromatic N) is 1. The Hall–Kier alpha value is -2.67. The van der Waals surface area contributed by atoms with Gasteiger partial charge >= 0.3 is 5.97 Å². The number of esters is 1. The number of hydrazone groups is 1. The molecule has 2 aromatic carbocycles. The average molecular weight is 618 g/mol. The van der Waals surface area contributed by atoms with Gasteiger partial charge in [-0.3, -0.25) is 9.59 Å². The highest BCUT2D eigenvalue weighted by molar-refractivity contribution is 14.1. The zero-order valence-corrected chi connectivity index (χ0v) is 21.1. The number of anilines is 1. The number of hydrogen-bond donors (Lipinski definition) is 2. The largest absolute Gasteiger partial charge is 0.493 e. The molecular weight excluding hydrogens is 597 g/mol. The summed E-state index contributed by atoms with van der Waals surface area (Å²) < 4.78 is 17.0. The molecule has 2 N–H and O–H groups in total. The Morgan fingerprint density at radius 2 is 1.94 bits per heavy atom. The van der Waals surface area contributed by atoms with Crippen molar-refractivity contribution in [2.45, 2.75) is 13.3 Å². The molecule has 0 aliphatic carbocycles. The van der Waals surface area contributed by atoms with Crippen LogP contribution in [-0.2, 0) is 19.1 Å². The molecule has 0 bridgehead atoms. The molecule has 0 saturated carbocycles. The molecule has 170 valence electrons. The number of hydrogen-bond acceptors (Lipinski definition) is 7. The normalized spacial score (nSPS) is 10.5. The lowest BCUT2D eigenvalue weighted by molar-refractivity contribution is -0.145. The molecule has 0 aliphatic heterocycles. The van der Waals surface area contributed by atoms with Crippen LogP contribution in [0.4, 0.5) is 5.69 Å². The van der Waals surface area contributed by atoms with Crippen molar-refractivity contribution in [3.05, 3.63) is 50.0 Å². The molecule has 0 fully saturated rings. The maximum Gasteiger partial charge on any atom is 0.344 e. The van der Waals surface area contributed by atoms with Crippen LogP contribution in [0.15, 0.2) is 46.0 Å². The molecule has 2 aromatic rings. The fourth-order valence-corrected chi connectivity index (χ4v) is 3.57. The lowest BCUT2D eigenvalue weighted by atomic mass is 10.2. The molecule has 0 aromatic heterocycles. The van der Waals surface area contributed by atoms with Gasteiger partial charge in [-0.05, 0) is 75.3 Å². The quantitative estimate of drug-likeness (QED) is 0.139. The Morgan fingerprint density at radius 3 is 2.62 bits per heavy atom. The molecule has 0 atom stereocenters. The summed E-state index contributed by atoms with van der Waals surface area (Å²) in [5, 5.41) is 6.52. The van der Waals surface area contributed by atoms with Crippen LogP contribution in [0.1, 0.15) is 18.9 Å². The lowest BCUT2D eigenvalue weighted by Crippen LogP contribution is -2.24. The van der Waals surface area contributed by atoms with E-state index in [0.29, 0.717) is 30.8 Å². The second-order valence-electron chi connectivity index (χ2n) is 6.13. The van der Waals surface area contributed by atoms with Gasteiger partial charge in [-0.2, -0.15) is 5.10 Å². The summed E-state index contributed by atoms with van der Waals surface area (Å²) in [6.07, 6.45) is 1.02. The summed E-state index contributed by atoms with van der Waals surface area (Å²) in [6, 6.07) is 10.5. The van der Waals surface area contributed by atoms with Gasteiger partial charge in [0.15, 0.2) is 18.1 Å². The molecule has 0 heterocycles. The zero-order chi connectivity index (χ0) is 23.5. The summed E-state index contributed by atoms with van der Waals surface area (Å²) in [5.74, 6) is -0.735. The number of ether oxygens (including phenoxy) is 3. The van der Waals surface area contributed by atoms with Crippen molar-refractivity contribution >= 4 is 68.2 Å². The van der Waals surface area contributed by atoms with Gasteiger partial charge < -0.3 is 19.5 Å². The number of amides is 2. The molecule has 0 spiro atoms. The second kappa shape index (κ2) is 13.0. The van der Waals surface area contributed by atoms with Crippen molar-refractivity contribution in [2.24, 2.45) is 5.10 Å². The minimum absolute atomic E-state index is 0.245. The van der Waals surface area contributed by atoms with Crippen LogP contribution < -0.4 is 20.2 Å². The SMILES string of the molecule is CCOC(=O)COc1c(I)cc(C=NNC(=O)CC(=O)Nc2ccccc2Br)cc1OC. The zero-order valence-electron chi connectivity index (χ0n) is 17.3. The van der Waals surface area contributed by atoms with Gasteiger partial charge in [0.05, 0.1) is 29.2 Å². The van der Waals surface area contributed by atoms with Crippen molar-refractivity contribution in [1.82, 2.24) is 5.43 Å². The fraction of sp³-hybridized carbons (Fsp3) is 0.238. The van der Waals surface area contributed by atoms with Crippen molar-refractivity contribution < 1.29 is 28.6 Å². The van der Waals surface area contributed by atoms with Crippen LogP contribution in [0.5, 0.6) is 11.5 Å². The monoisotopic (exact) mass is 617 g/mol. The van der Waals surface area contributed by atoms with E-state index in [-0.39, 0.29) is 19.6 Å². The third-order valence-electron chi connectivity index (χ3n) is 3.76. The number of carbonyl (C=O) groups is 3. The first-order valence-electron chi connectivity index (χ1n) is 9.36. The van der Waals surface area contributed by atoms with Gasteiger partial charge in [-0.25, -0.2) is 10.2 Å². The summed E-state index contributed by atoms with van der Waals surface area (Å²) >= 11 is 5.36. The molecule has 2 rings (SSSR count). The summed E-state index contributed by atoms with van der Waals surface area (Å²) in [7, 11) is 1.47. The van der Waals surface area contributed by atoms with Crippen LogP contribution in [-0.4, -0.2) is 44.3 Å². The number of rotatable bonds is 10. The number of benzene rings is 2. The standard InChI is InChI=1S/C21H21BrIN3O6/c1-3-31-20(29)12-32-21-15(23)8-13(9-17(21)30-2)11-24-26-19(28)10-18(27)25-16-7-5-4-6-14(16)22/h4-9,11H,3,10,12H2,1-2H3,(H,25,27)(H,26,28). The maximum atomic E-state index is 12.0. The highest BCUT2D eigenvalue weighted by Crippen LogP contribution is 2.33. The van der Waals surface area contributed by atoms with E-state index in [1.54, 1.807) is 37.3 Å². The molecule has 0 aliphatic rings. The lowest BCUT2D eigenvalue weighted by Gasteiger charge is -2.13. The highest BCUT2D eigenvalue weighted by atomic mass is 127. The van der Waals surface area contributed by atoms with Crippen LogP contribution in [0.2, 0.25) is 0 Å². The van der Waals surface area contributed by atoms with Crippen LogP contribution in [0.25, 0.3) is 0 Å². The van der Waals surface area contributed by atoms with Crippen molar-refractivity contribution in [1.29, 1.82) is 0 Å². The maximum absolute atomic E-state index is 12.0. The van der Waals surface area contributed by atoms with Gasteiger partial charge in [0.2, 0.25) is 11.8 Å². The summed E-state index contributed by atoms with van der Waals surface area (Å²) in [5.41, 5.74) is 3.50. The van der Waals surface area contributed by atoms with E-state index in [2.05, 4.69) is 31.8 Å². The molecule has 9 nitrogen and oxygen atoms in total. The van der Waals surface area contributed by atoms with Gasteiger partial charge in [-0.1, -0.05) is 12.1 Å². The Balaban J connectivity index is 1.93. The van der Waals surface area contributed by atoms with E-state index in [1.807, 2.05) is 28.7 Å². The Morgan fingerprint density at radius 1 is 1.19 bits per heavy atom. The topological polar surface area (TPSA) is 115 Å². The first kappa shape index (κ1) is 25.6. The minimum atomic E-state index is -0.568. The number of nitrogens with one attached hydrogen (secondary N) is 2. The van der Waals surface area contributed by atoms with E-state index in [9.17, 15) is 14.4 Å². The predicted octanol–water partition coefficient (Wildman–Crippen LogP) is 3.48. The van der Waals surface area contributed by atoms with Crippen LogP contribution >= 0.6 is 38.5 Å². The molecule has 2 amide bonds. The second-order valence-corrected chi connectivity index (χ2v) is 8.14. The van der Waals surface area contributed by atoms with E-state index in [1.165, 1.54) is 13.3 Å². The minimum Gasteiger partial charge on any atom is -0.493 e. The van der Waals surface area contributed by atoms with Gasteiger partial charge in [-0.15, -0.1) is 0 Å². The Labute approximate surface area is 207 Å². The van der Waals surface area contributed by atoms with Crippen molar-refractivity contribution in [2.75, 3.05) is 25.6 Å². The number of carbonyl (C=O) groups excluding carboxylic acids is 3. The van der Waals surface area contributed by atoms with E-state index in [0.717, 1.165) is 0 Å². The van der Waals surface area contributed by atoms with E-state index >= 15 is 0 Å². The smallest absolute Gasteiger partial charge is 0.344 e. The van der Waals surface area contributed by atoms with E-state index in [4.69, 9.17) is 14.2 Å². The molecule has 0 unspecified atom stereocenters. The van der Waals surface area contributed by atoms with Crippen molar-refractivity contribution in [3.8, 4) is 11.5 Å². The van der Waals surface area contributed by atoms with Crippen LogP contribution in [0.3, 0.4) is 0 Å². The van der Waals surface area contributed by atoms with E-state index < -0.39 is 17.8 Å². The number of methoxy groups -OCH3 is 1. The van der Waals surface area contributed by atoms with Gasteiger partial charge in [0.25, 0.3) is 0 Å². The Kier molecular flexibility index (Phi) is 10.4. The highest BCUT2D eigenvalue weighted by Gasteiger charge is 2.14. The predicted molar refractivity (Wildman–Crippen MR) is 131 cm³/mol. The van der Waals surface area contributed by atoms with Crippen LogP contribution in [0, 0.1) is 3.57 Å². The first-order valence-corrected chi connectivity index (χ1v) is 11.2. The van der Waals surface area contributed by atoms with Gasteiger partial charge in [0.1, 0.15) is 6.42 Å². The van der Waals surface area contributed by atoms with Gasteiger partial charge in [0, 0.05) is 4.47 Å². The molecule has 11 heteroatoms. The fourth-order valence-electron chi connectivity index (χ4n) is 2.41. The number of para-hydroxylation sites is 1. The molecule has 0 radical (unpaired) electrons. The average Bonchev–Trinajstić information content (AvgIpc) is 2.74. The third-order valence-corrected chi connectivity index (χ3v) is 5.26. The first-order chi connectivity index (χ1) is 15.3. The third kappa shape index (κ3) is 8.11. The number of halogens is 2. The molecule has 0 saturated heterocycles. The Bertz CT molecular complexity index is 1020. The summed E-state index contributed by atoms with van der Waals surface area (Å²) in [4.78, 5) is 35.5. The van der Waals surface area contributed by atoms with Crippen molar-refractivity contribution in [3.63, 3.8) is 0 Å². The molecular formula is C21H21BrIN3O6. The molecule has 32 heavy (non-hydrogen) atoms.